The van der Waals surface area contributed by atoms with Crippen LogP contribution in [-0.2, 0) is 9.53 Å². The minimum Gasteiger partial charge on any atom is -0.493 e. The molecule has 3 rings (SSSR count). The van der Waals surface area contributed by atoms with Gasteiger partial charge in [-0.05, 0) is 23.8 Å². The number of methoxy groups -OCH3 is 3. The van der Waals surface area contributed by atoms with Crippen LogP contribution >= 0.6 is 0 Å². The number of ether oxygens (including phenoxy) is 4. The van der Waals surface area contributed by atoms with Crippen molar-refractivity contribution >= 4 is 23.5 Å². The molecular weight excluding hydrogens is 414 g/mol. The van der Waals surface area contributed by atoms with Gasteiger partial charge in [-0.3, -0.25) is 4.79 Å². The van der Waals surface area contributed by atoms with Crippen LogP contribution in [0.25, 0.3) is 6.08 Å². The molecule has 1 aromatic heterocycles. The van der Waals surface area contributed by atoms with Crippen molar-refractivity contribution in [1.29, 1.82) is 0 Å². The molecule has 10 nitrogen and oxygen atoms in total. The number of aromatic nitrogens is 2. The zero-order valence-electron chi connectivity index (χ0n) is 18.6. The molecule has 1 aliphatic heterocycles. The smallest absolute Gasteiger partial charge is 0.244 e. The Labute approximate surface area is 187 Å². The molecule has 32 heavy (non-hydrogen) atoms. The first-order valence-corrected chi connectivity index (χ1v) is 10.3. The zero-order chi connectivity index (χ0) is 22.8. The van der Waals surface area contributed by atoms with Crippen molar-refractivity contribution in [3.63, 3.8) is 0 Å². The summed E-state index contributed by atoms with van der Waals surface area (Å²) < 4.78 is 21.3. The summed E-state index contributed by atoms with van der Waals surface area (Å²) in [5.74, 6) is 2.00. The Morgan fingerprint density at radius 3 is 2.47 bits per heavy atom. The average molecular weight is 444 g/mol. The Balaban J connectivity index is 1.48. The van der Waals surface area contributed by atoms with Gasteiger partial charge in [-0.1, -0.05) is 0 Å². The number of morpholine rings is 1. The Bertz CT molecular complexity index is 906. The number of carbonyl (C=O) groups excluding carboxylic acids is 1. The van der Waals surface area contributed by atoms with Gasteiger partial charge in [-0.2, -0.15) is 5.10 Å². The van der Waals surface area contributed by atoms with E-state index in [1.807, 2.05) is 6.07 Å². The van der Waals surface area contributed by atoms with Crippen molar-refractivity contribution < 1.29 is 23.7 Å². The third kappa shape index (κ3) is 6.24. The van der Waals surface area contributed by atoms with E-state index < -0.39 is 0 Å². The van der Waals surface area contributed by atoms with Crippen molar-refractivity contribution in [2.45, 2.75) is 0 Å². The summed E-state index contributed by atoms with van der Waals surface area (Å²) in [6.07, 6.45) is 4.89. The second kappa shape index (κ2) is 11.8. The molecule has 0 saturated carbocycles. The maximum absolute atomic E-state index is 12.2. The van der Waals surface area contributed by atoms with E-state index in [1.54, 1.807) is 45.7 Å². The van der Waals surface area contributed by atoms with Crippen molar-refractivity contribution in [1.82, 2.24) is 15.5 Å². The Kier molecular flexibility index (Phi) is 8.50. The largest absolute Gasteiger partial charge is 0.493 e. The third-order valence-corrected chi connectivity index (χ3v) is 4.86. The van der Waals surface area contributed by atoms with Crippen LogP contribution in [-0.4, -0.2) is 76.8 Å². The summed E-state index contributed by atoms with van der Waals surface area (Å²) in [6, 6.07) is 5.49. The average Bonchev–Trinajstić information content (AvgIpc) is 2.85. The van der Waals surface area contributed by atoms with Gasteiger partial charge in [-0.15, -0.1) is 5.10 Å². The second-order valence-electron chi connectivity index (χ2n) is 6.91. The predicted octanol–water partition coefficient (Wildman–Crippen LogP) is 1.58. The van der Waals surface area contributed by atoms with Gasteiger partial charge in [0.05, 0.1) is 46.4 Å². The molecule has 2 aromatic rings. The molecule has 0 unspecified atom stereocenters. The fraction of sp³-hybridized carbons (Fsp3) is 0.409. The maximum atomic E-state index is 12.2. The lowest BCUT2D eigenvalue weighted by Crippen LogP contribution is -2.36. The van der Waals surface area contributed by atoms with Gasteiger partial charge in [0.15, 0.2) is 17.3 Å². The first-order valence-electron chi connectivity index (χ1n) is 10.3. The van der Waals surface area contributed by atoms with Gasteiger partial charge in [0, 0.05) is 38.3 Å². The topological polar surface area (TPSA) is 107 Å². The lowest BCUT2D eigenvalue weighted by molar-refractivity contribution is -0.116. The number of rotatable bonds is 10. The highest BCUT2D eigenvalue weighted by Crippen LogP contribution is 2.38. The van der Waals surface area contributed by atoms with Crippen molar-refractivity contribution in [2.24, 2.45) is 0 Å². The fourth-order valence-electron chi connectivity index (χ4n) is 3.24. The van der Waals surface area contributed by atoms with E-state index in [0.717, 1.165) is 24.3 Å². The number of amides is 1. The quantitative estimate of drug-likeness (QED) is 0.418. The van der Waals surface area contributed by atoms with E-state index in [0.29, 0.717) is 49.4 Å². The molecule has 1 amide bonds. The molecule has 0 bridgehead atoms. The molecule has 0 atom stereocenters. The van der Waals surface area contributed by atoms with Crippen LogP contribution in [0.5, 0.6) is 17.2 Å². The van der Waals surface area contributed by atoms with Gasteiger partial charge in [-0.25, -0.2) is 0 Å². The monoisotopic (exact) mass is 443 g/mol. The predicted molar refractivity (Wildman–Crippen MR) is 122 cm³/mol. The Morgan fingerprint density at radius 1 is 1.09 bits per heavy atom. The van der Waals surface area contributed by atoms with Crippen LogP contribution in [0.15, 0.2) is 30.5 Å². The highest BCUT2D eigenvalue weighted by atomic mass is 16.5. The van der Waals surface area contributed by atoms with Gasteiger partial charge >= 0.3 is 0 Å². The van der Waals surface area contributed by atoms with Gasteiger partial charge in [0.25, 0.3) is 0 Å². The molecule has 1 fully saturated rings. The molecular formula is C22H29N5O5. The van der Waals surface area contributed by atoms with Gasteiger partial charge in [0.1, 0.15) is 0 Å². The SMILES string of the molecule is COc1cc(/C=C/C(=O)NCCNc2cc(N3CCOCC3)cnn2)cc(OC)c1OC. The highest BCUT2D eigenvalue weighted by Gasteiger charge is 2.13. The number of hydrogen-bond donors (Lipinski definition) is 2. The molecule has 1 saturated heterocycles. The molecule has 0 aliphatic carbocycles. The fourth-order valence-corrected chi connectivity index (χ4v) is 3.24. The summed E-state index contributed by atoms with van der Waals surface area (Å²) >= 11 is 0. The Hall–Kier alpha value is -3.53. The van der Waals surface area contributed by atoms with E-state index in [2.05, 4.69) is 25.7 Å². The van der Waals surface area contributed by atoms with Crippen LogP contribution in [0.1, 0.15) is 5.56 Å². The lowest BCUT2D eigenvalue weighted by atomic mass is 10.1. The van der Waals surface area contributed by atoms with Crippen molar-refractivity contribution in [2.75, 3.05) is 70.9 Å². The molecule has 172 valence electrons. The van der Waals surface area contributed by atoms with E-state index in [4.69, 9.17) is 18.9 Å². The number of hydrogen-bond acceptors (Lipinski definition) is 9. The van der Waals surface area contributed by atoms with E-state index in [-0.39, 0.29) is 5.91 Å². The minimum atomic E-state index is -0.214. The molecule has 2 heterocycles. The van der Waals surface area contributed by atoms with Crippen molar-refractivity contribution in [3.05, 3.63) is 36.0 Å². The number of nitrogens with one attached hydrogen (secondary N) is 2. The summed E-state index contributed by atoms with van der Waals surface area (Å²) in [7, 11) is 4.64. The zero-order valence-corrected chi connectivity index (χ0v) is 18.6. The molecule has 1 aromatic carbocycles. The summed E-state index contributed by atoms with van der Waals surface area (Å²) in [5, 5.41) is 14.2. The Morgan fingerprint density at radius 2 is 1.81 bits per heavy atom. The molecule has 0 radical (unpaired) electrons. The van der Waals surface area contributed by atoms with Crippen LogP contribution in [0.2, 0.25) is 0 Å². The minimum absolute atomic E-state index is 0.214. The van der Waals surface area contributed by atoms with Crippen molar-refractivity contribution in [3.8, 4) is 17.2 Å². The maximum Gasteiger partial charge on any atom is 0.244 e. The van der Waals surface area contributed by atoms with E-state index in [1.165, 1.54) is 6.08 Å². The normalized spacial score (nSPS) is 13.7. The van der Waals surface area contributed by atoms with Crippen LogP contribution in [0, 0.1) is 0 Å². The number of nitrogens with zero attached hydrogens (tertiary/aromatic N) is 3. The first kappa shape index (κ1) is 23.1. The summed E-state index contributed by atoms with van der Waals surface area (Å²) in [6.45, 7) is 4.03. The van der Waals surface area contributed by atoms with Crippen LogP contribution < -0.4 is 29.7 Å². The molecule has 10 heteroatoms. The third-order valence-electron chi connectivity index (χ3n) is 4.86. The number of anilines is 2. The second-order valence-corrected chi connectivity index (χ2v) is 6.91. The lowest BCUT2D eigenvalue weighted by Gasteiger charge is -2.28. The van der Waals surface area contributed by atoms with Gasteiger partial charge < -0.3 is 34.5 Å². The number of benzene rings is 1. The summed E-state index contributed by atoms with van der Waals surface area (Å²) in [4.78, 5) is 14.4. The molecule has 2 N–H and O–H groups in total. The van der Waals surface area contributed by atoms with Crippen LogP contribution in [0.3, 0.4) is 0 Å². The van der Waals surface area contributed by atoms with Gasteiger partial charge in [0.2, 0.25) is 11.7 Å². The van der Waals surface area contributed by atoms with Crippen LogP contribution in [0.4, 0.5) is 11.5 Å². The highest BCUT2D eigenvalue weighted by molar-refractivity contribution is 5.91. The first-order chi connectivity index (χ1) is 15.6. The number of carbonyl (C=O) groups is 1. The standard InChI is InChI=1S/C22H29N5O5/c1-29-18-12-16(13-19(30-2)22(18)31-3)4-5-21(28)24-7-6-23-20-14-17(15-25-26-20)27-8-10-32-11-9-27/h4-5,12-15H,6-11H2,1-3H3,(H,23,26)(H,24,28)/b5-4+. The molecule has 0 spiro atoms. The van der Waals surface area contributed by atoms with E-state index >= 15 is 0 Å². The summed E-state index contributed by atoms with van der Waals surface area (Å²) in [5.41, 5.74) is 1.76. The van der Waals surface area contributed by atoms with E-state index in [9.17, 15) is 4.79 Å². The molecule has 1 aliphatic rings.